The Morgan fingerprint density at radius 1 is 1.08 bits per heavy atom. The highest BCUT2D eigenvalue weighted by Gasteiger charge is 2.31. The van der Waals surface area contributed by atoms with E-state index in [9.17, 15) is 21.6 Å². The van der Waals surface area contributed by atoms with Crippen LogP contribution in [0.25, 0.3) is 28.0 Å². The van der Waals surface area contributed by atoms with E-state index in [0.29, 0.717) is 24.3 Å². The standard InChI is InChI=1S/C26H28F3N5O3S/c1-18-14-23-20(4-3-9-33-10-12-38(35,36)13-11-33)16-34(21-15-30-32(2)17-21)25(23)31-24(18)19-5-7-22(8-6-19)37-26(27,28)29/h5-8,14-17H,3-4,9-13H2,1-2H3. The Labute approximate surface area is 218 Å². The van der Waals surface area contributed by atoms with Gasteiger partial charge in [-0.05, 0) is 67.8 Å². The van der Waals surface area contributed by atoms with E-state index in [2.05, 4.69) is 27.0 Å². The number of halogens is 3. The van der Waals surface area contributed by atoms with Gasteiger partial charge in [-0.1, -0.05) is 0 Å². The molecule has 0 unspecified atom stereocenters. The summed E-state index contributed by atoms with van der Waals surface area (Å²) in [5.74, 6) is 0.137. The predicted octanol–water partition coefficient (Wildman–Crippen LogP) is 4.30. The number of aromatic nitrogens is 4. The highest BCUT2D eigenvalue weighted by molar-refractivity contribution is 7.91. The minimum atomic E-state index is -4.75. The molecule has 0 bridgehead atoms. The fraction of sp³-hybridized carbons (Fsp3) is 0.385. The minimum Gasteiger partial charge on any atom is -0.406 e. The SMILES string of the molecule is Cc1cc2c(CCCN3CCS(=O)(=O)CC3)cn(-c3cnn(C)c3)c2nc1-c1ccc(OC(F)(F)F)cc1. The molecule has 8 nitrogen and oxygen atoms in total. The van der Waals surface area contributed by atoms with Crippen molar-refractivity contribution >= 4 is 20.9 Å². The third-order valence-electron chi connectivity index (χ3n) is 6.74. The van der Waals surface area contributed by atoms with Crippen LogP contribution in [0.5, 0.6) is 5.75 Å². The third-order valence-corrected chi connectivity index (χ3v) is 8.35. The molecular weight excluding hydrogens is 519 g/mol. The number of aryl methyl sites for hydroxylation is 3. The maximum Gasteiger partial charge on any atom is 0.573 e. The predicted molar refractivity (Wildman–Crippen MR) is 138 cm³/mol. The summed E-state index contributed by atoms with van der Waals surface area (Å²) >= 11 is 0. The van der Waals surface area contributed by atoms with Crippen molar-refractivity contribution in [1.82, 2.24) is 24.2 Å². The van der Waals surface area contributed by atoms with Gasteiger partial charge in [0.05, 0.1) is 29.1 Å². The van der Waals surface area contributed by atoms with Crippen molar-refractivity contribution in [1.29, 1.82) is 0 Å². The van der Waals surface area contributed by atoms with Gasteiger partial charge in [0.1, 0.15) is 11.4 Å². The first-order valence-electron chi connectivity index (χ1n) is 12.3. The van der Waals surface area contributed by atoms with Gasteiger partial charge in [0, 0.05) is 43.5 Å². The lowest BCUT2D eigenvalue weighted by Crippen LogP contribution is -2.40. The van der Waals surface area contributed by atoms with Crippen LogP contribution >= 0.6 is 0 Å². The minimum absolute atomic E-state index is 0.211. The Kier molecular flexibility index (Phi) is 6.95. The van der Waals surface area contributed by atoms with Crippen molar-refractivity contribution < 1.29 is 26.3 Å². The van der Waals surface area contributed by atoms with E-state index in [1.54, 1.807) is 23.0 Å². The molecule has 0 saturated carbocycles. The van der Waals surface area contributed by atoms with Gasteiger partial charge in [-0.2, -0.15) is 5.10 Å². The van der Waals surface area contributed by atoms with E-state index in [4.69, 9.17) is 4.98 Å². The molecule has 5 rings (SSSR count). The number of ether oxygens (including phenoxy) is 1. The number of nitrogens with zero attached hydrogens (tertiary/aromatic N) is 5. The van der Waals surface area contributed by atoms with Crippen LogP contribution in [0.15, 0.2) is 48.9 Å². The Bertz CT molecular complexity index is 1550. The van der Waals surface area contributed by atoms with E-state index < -0.39 is 16.2 Å². The average Bonchev–Trinajstić information content (AvgIpc) is 3.42. The number of benzene rings is 1. The number of pyridine rings is 1. The molecule has 0 amide bonds. The Morgan fingerprint density at radius 3 is 2.42 bits per heavy atom. The molecule has 0 atom stereocenters. The van der Waals surface area contributed by atoms with Gasteiger partial charge in [-0.3, -0.25) is 9.25 Å². The lowest BCUT2D eigenvalue weighted by atomic mass is 10.0. The molecule has 3 aromatic heterocycles. The smallest absolute Gasteiger partial charge is 0.406 e. The van der Waals surface area contributed by atoms with Crippen LogP contribution in [0.2, 0.25) is 0 Å². The molecule has 12 heteroatoms. The maximum absolute atomic E-state index is 12.6. The van der Waals surface area contributed by atoms with Crippen LogP contribution in [-0.2, 0) is 23.3 Å². The summed E-state index contributed by atoms with van der Waals surface area (Å²) in [6.07, 6.45) is 2.61. The summed E-state index contributed by atoms with van der Waals surface area (Å²) in [4.78, 5) is 7.14. The topological polar surface area (TPSA) is 82.3 Å². The van der Waals surface area contributed by atoms with Gasteiger partial charge in [0.15, 0.2) is 9.84 Å². The third kappa shape index (κ3) is 5.86. The second-order valence-electron chi connectivity index (χ2n) is 9.59. The first-order chi connectivity index (χ1) is 18.0. The van der Waals surface area contributed by atoms with E-state index in [1.807, 2.05) is 24.7 Å². The molecule has 38 heavy (non-hydrogen) atoms. The molecular formula is C26H28F3N5O3S. The Hall–Kier alpha value is -3.38. The second kappa shape index (κ2) is 10.1. The molecule has 202 valence electrons. The number of rotatable bonds is 7. The fourth-order valence-electron chi connectivity index (χ4n) is 4.81. The summed E-state index contributed by atoms with van der Waals surface area (Å²) < 4.78 is 68.8. The van der Waals surface area contributed by atoms with Crippen molar-refractivity contribution in [2.24, 2.45) is 7.05 Å². The number of hydrogen-bond acceptors (Lipinski definition) is 6. The first kappa shape index (κ1) is 26.2. The fourth-order valence-corrected chi connectivity index (χ4v) is 6.09. The van der Waals surface area contributed by atoms with Gasteiger partial charge >= 0.3 is 6.36 Å². The van der Waals surface area contributed by atoms with E-state index in [-0.39, 0.29) is 17.3 Å². The summed E-state index contributed by atoms with van der Waals surface area (Å²) in [6, 6.07) is 7.77. The second-order valence-corrected chi connectivity index (χ2v) is 11.9. The van der Waals surface area contributed by atoms with Crippen molar-refractivity contribution in [2.45, 2.75) is 26.1 Å². The highest BCUT2D eigenvalue weighted by Crippen LogP contribution is 2.32. The molecule has 0 aliphatic carbocycles. The molecule has 0 spiro atoms. The van der Waals surface area contributed by atoms with Gasteiger partial charge in [-0.25, -0.2) is 13.4 Å². The number of sulfone groups is 1. The van der Waals surface area contributed by atoms with Gasteiger partial charge < -0.3 is 9.64 Å². The molecule has 4 aromatic rings. The highest BCUT2D eigenvalue weighted by atomic mass is 32.2. The molecule has 4 heterocycles. The van der Waals surface area contributed by atoms with Crippen LogP contribution < -0.4 is 4.74 Å². The summed E-state index contributed by atoms with van der Waals surface area (Å²) in [5, 5.41) is 5.28. The van der Waals surface area contributed by atoms with Crippen LogP contribution in [0.3, 0.4) is 0 Å². The van der Waals surface area contributed by atoms with Crippen molar-refractivity contribution in [2.75, 3.05) is 31.1 Å². The van der Waals surface area contributed by atoms with Gasteiger partial charge in [0.25, 0.3) is 0 Å². The maximum atomic E-state index is 12.6. The molecule has 1 aliphatic rings. The van der Waals surface area contributed by atoms with Crippen LogP contribution in [0.1, 0.15) is 17.5 Å². The molecule has 1 aromatic carbocycles. The van der Waals surface area contributed by atoms with Crippen molar-refractivity contribution in [3.05, 3.63) is 60.0 Å². The summed E-state index contributed by atoms with van der Waals surface area (Å²) in [6.45, 7) is 3.88. The van der Waals surface area contributed by atoms with Gasteiger partial charge in [-0.15, -0.1) is 13.2 Å². The normalized spacial score (nSPS) is 16.2. The molecule has 0 radical (unpaired) electrons. The monoisotopic (exact) mass is 547 g/mol. The zero-order valence-electron chi connectivity index (χ0n) is 21.1. The van der Waals surface area contributed by atoms with Crippen molar-refractivity contribution in [3.8, 4) is 22.7 Å². The lowest BCUT2D eigenvalue weighted by Gasteiger charge is -2.26. The average molecular weight is 548 g/mol. The number of hydrogen-bond donors (Lipinski definition) is 0. The number of alkyl halides is 3. The van der Waals surface area contributed by atoms with Crippen LogP contribution in [0, 0.1) is 6.92 Å². The van der Waals surface area contributed by atoms with E-state index >= 15 is 0 Å². The molecule has 0 N–H and O–H groups in total. The lowest BCUT2D eigenvalue weighted by molar-refractivity contribution is -0.274. The van der Waals surface area contributed by atoms with E-state index in [0.717, 1.165) is 47.2 Å². The van der Waals surface area contributed by atoms with Crippen LogP contribution in [0.4, 0.5) is 13.2 Å². The van der Waals surface area contributed by atoms with Crippen molar-refractivity contribution in [3.63, 3.8) is 0 Å². The molecule has 1 aliphatic heterocycles. The number of fused-ring (bicyclic) bond motifs is 1. The Morgan fingerprint density at radius 2 is 1.79 bits per heavy atom. The van der Waals surface area contributed by atoms with Crippen LogP contribution in [-0.4, -0.2) is 70.2 Å². The zero-order chi connectivity index (χ0) is 27.1. The summed E-state index contributed by atoms with van der Waals surface area (Å²) in [5.41, 5.74) is 4.94. The molecule has 1 fully saturated rings. The summed E-state index contributed by atoms with van der Waals surface area (Å²) in [7, 11) is -1.07. The zero-order valence-corrected chi connectivity index (χ0v) is 21.9. The quantitative estimate of drug-likeness (QED) is 0.343. The Balaban J connectivity index is 1.44. The largest absolute Gasteiger partial charge is 0.573 e. The van der Waals surface area contributed by atoms with Gasteiger partial charge in [0.2, 0.25) is 0 Å². The van der Waals surface area contributed by atoms with E-state index in [1.165, 1.54) is 12.1 Å². The first-order valence-corrected chi connectivity index (χ1v) is 14.1. The molecule has 1 saturated heterocycles.